The van der Waals surface area contributed by atoms with Crippen molar-refractivity contribution in [3.05, 3.63) is 0 Å². The van der Waals surface area contributed by atoms with Crippen LogP contribution in [0.3, 0.4) is 0 Å². The number of carboxylic acids is 2. The van der Waals surface area contributed by atoms with Crippen LogP contribution in [0, 0.1) is 23.7 Å². The van der Waals surface area contributed by atoms with E-state index in [1.54, 1.807) is 0 Å². The largest absolute Gasteiger partial charge is 0.481 e. The Morgan fingerprint density at radius 2 is 1.65 bits per heavy atom. The second-order valence-corrected chi connectivity index (χ2v) is 5.13. The van der Waals surface area contributed by atoms with Crippen LogP contribution >= 0.6 is 0 Å². The maximum Gasteiger partial charge on any atom is 0.306 e. The van der Waals surface area contributed by atoms with E-state index in [4.69, 9.17) is 5.11 Å². The first-order valence-corrected chi connectivity index (χ1v) is 6.44. The Bertz CT molecular complexity index is 287. The molecule has 0 saturated heterocycles. The molecular weight excluding hydrogens is 220 g/mol. The summed E-state index contributed by atoms with van der Waals surface area (Å²) in [6.45, 7) is 3.96. The van der Waals surface area contributed by atoms with E-state index in [-0.39, 0.29) is 23.7 Å². The zero-order chi connectivity index (χ0) is 13.0. The molecule has 0 aliphatic heterocycles. The van der Waals surface area contributed by atoms with Gasteiger partial charge in [-0.2, -0.15) is 0 Å². The van der Waals surface area contributed by atoms with Crippen molar-refractivity contribution in [1.29, 1.82) is 0 Å². The molecule has 1 fully saturated rings. The molecule has 4 atom stereocenters. The Morgan fingerprint density at radius 1 is 1.12 bits per heavy atom. The van der Waals surface area contributed by atoms with Crippen LogP contribution in [0.1, 0.15) is 46.0 Å². The van der Waals surface area contributed by atoms with E-state index in [1.165, 1.54) is 0 Å². The van der Waals surface area contributed by atoms with E-state index < -0.39 is 11.9 Å². The van der Waals surface area contributed by atoms with Gasteiger partial charge in [-0.15, -0.1) is 0 Å². The molecule has 1 aliphatic rings. The van der Waals surface area contributed by atoms with Gasteiger partial charge in [0.1, 0.15) is 0 Å². The first kappa shape index (κ1) is 14.0. The molecule has 2 N–H and O–H groups in total. The average molecular weight is 242 g/mol. The highest BCUT2D eigenvalue weighted by molar-refractivity contribution is 5.73. The van der Waals surface area contributed by atoms with Crippen molar-refractivity contribution in [3.8, 4) is 0 Å². The topological polar surface area (TPSA) is 74.6 Å². The Hall–Kier alpha value is -1.06. The SMILES string of the molecule is CCCCC1C(C(=O)O)CCC(C(=O)O)C1C. The number of aliphatic carboxylic acids is 2. The van der Waals surface area contributed by atoms with E-state index in [1.807, 2.05) is 6.92 Å². The van der Waals surface area contributed by atoms with Crippen molar-refractivity contribution in [2.24, 2.45) is 23.7 Å². The molecule has 0 aromatic carbocycles. The smallest absolute Gasteiger partial charge is 0.306 e. The van der Waals surface area contributed by atoms with Gasteiger partial charge >= 0.3 is 11.9 Å². The summed E-state index contributed by atoms with van der Waals surface area (Å²) in [6, 6.07) is 0. The van der Waals surface area contributed by atoms with Crippen LogP contribution in [-0.2, 0) is 9.59 Å². The van der Waals surface area contributed by atoms with Gasteiger partial charge in [0.25, 0.3) is 0 Å². The quantitative estimate of drug-likeness (QED) is 0.777. The van der Waals surface area contributed by atoms with Crippen LogP contribution in [0.25, 0.3) is 0 Å². The van der Waals surface area contributed by atoms with Gasteiger partial charge in [-0.3, -0.25) is 9.59 Å². The second-order valence-electron chi connectivity index (χ2n) is 5.13. The van der Waals surface area contributed by atoms with Gasteiger partial charge in [0.05, 0.1) is 11.8 Å². The summed E-state index contributed by atoms with van der Waals surface area (Å²) in [7, 11) is 0. The molecule has 4 nitrogen and oxygen atoms in total. The molecule has 4 heteroatoms. The van der Waals surface area contributed by atoms with Gasteiger partial charge in [-0.1, -0.05) is 26.7 Å². The maximum absolute atomic E-state index is 11.2. The standard InChI is InChI=1S/C13H22O4/c1-3-4-5-9-8(2)10(12(14)15)6-7-11(9)13(16)17/h8-11H,3-7H2,1-2H3,(H,14,15)(H,16,17). The normalized spacial score (nSPS) is 33.3. The minimum absolute atomic E-state index is 0.0160. The molecule has 0 aromatic rings. The van der Waals surface area contributed by atoms with Crippen molar-refractivity contribution >= 4 is 11.9 Å². The molecule has 0 aromatic heterocycles. The number of carbonyl (C=O) groups is 2. The van der Waals surface area contributed by atoms with Crippen LogP contribution in [-0.4, -0.2) is 22.2 Å². The third-order valence-corrected chi connectivity index (χ3v) is 4.14. The van der Waals surface area contributed by atoms with E-state index in [0.29, 0.717) is 12.8 Å². The monoisotopic (exact) mass is 242 g/mol. The fourth-order valence-corrected chi connectivity index (χ4v) is 3.06. The van der Waals surface area contributed by atoms with Crippen molar-refractivity contribution in [1.82, 2.24) is 0 Å². The van der Waals surface area contributed by atoms with Crippen LogP contribution < -0.4 is 0 Å². The zero-order valence-corrected chi connectivity index (χ0v) is 10.6. The minimum Gasteiger partial charge on any atom is -0.481 e. The highest BCUT2D eigenvalue weighted by Gasteiger charge is 2.42. The Morgan fingerprint density at radius 3 is 2.12 bits per heavy atom. The number of hydrogen-bond donors (Lipinski definition) is 2. The van der Waals surface area contributed by atoms with E-state index in [0.717, 1.165) is 19.3 Å². The molecule has 0 radical (unpaired) electrons. The van der Waals surface area contributed by atoms with Crippen LogP contribution in [0.4, 0.5) is 0 Å². The molecule has 0 bridgehead atoms. The molecule has 0 heterocycles. The molecule has 1 aliphatic carbocycles. The highest BCUT2D eigenvalue weighted by Crippen LogP contribution is 2.41. The Labute approximate surface area is 102 Å². The summed E-state index contributed by atoms with van der Waals surface area (Å²) in [6.07, 6.45) is 3.83. The summed E-state index contributed by atoms with van der Waals surface area (Å²) in [5, 5.41) is 18.3. The highest BCUT2D eigenvalue weighted by atomic mass is 16.4. The van der Waals surface area contributed by atoms with Crippen molar-refractivity contribution in [2.75, 3.05) is 0 Å². The summed E-state index contributed by atoms with van der Waals surface area (Å²) in [4.78, 5) is 22.3. The molecule has 17 heavy (non-hydrogen) atoms. The predicted octanol–water partition coefficient (Wildman–Crippen LogP) is 2.62. The van der Waals surface area contributed by atoms with Crippen LogP contribution in [0.2, 0.25) is 0 Å². The lowest BCUT2D eigenvalue weighted by molar-refractivity contribution is -0.154. The van der Waals surface area contributed by atoms with Crippen molar-refractivity contribution in [2.45, 2.75) is 46.0 Å². The van der Waals surface area contributed by atoms with E-state index in [2.05, 4.69) is 6.92 Å². The summed E-state index contributed by atoms with van der Waals surface area (Å²) in [5.41, 5.74) is 0. The molecular formula is C13H22O4. The van der Waals surface area contributed by atoms with Gasteiger partial charge < -0.3 is 10.2 Å². The lowest BCUT2D eigenvalue weighted by Gasteiger charge is -2.38. The van der Waals surface area contributed by atoms with Crippen LogP contribution in [0.15, 0.2) is 0 Å². The molecule has 1 rings (SSSR count). The zero-order valence-electron chi connectivity index (χ0n) is 10.6. The fraction of sp³-hybridized carbons (Fsp3) is 0.846. The summed E-state index contributed by atoms with van der Waals surface area (Å²) < 4.78 is 0. The van der Waals surface area contributed by atoms with E-state index >= 15 is 0 Å². The third kappa shape index (κ3) is 3.20. The Balaban J connectivity index is 2.78. The number of carboxylic acid groups (broad SMARTS) is 2. The van der Waals surface area contributed by atoms with Crippen LogP contribution in [0.5, 0.6) is 0 Å². The molecule has 0 spiro atoms. The summed E-state index contributed by atoms with van der Waals surface area (Å²) >= 11 is 0. The Kier molecular flexibility index (Phi) is 4.97. The minimum atomic E-state index is -0.775. The van der Waals surface area contributed by atoms with Gasteiger partial charge in [-0.05, 0) is 31.1 Å². The van der Waals surface area contributed by atoms with Crippen molar-refractivity contribution in [3.63, 3.8) is 0 Å². The second kappa shape index (κ2) is 6.03. The molecule has 0 amide bonds. The van der Waals surface area contributed by atoms with Gasteiger partial charge in [0, 0.05) is 0 Å². The molecule has 1 saturated carbocycles. The first-order chi connectivity index (χ1) is 7.99. The first-order valence-electron chi connectivity index (χ1n) is 6.44. The van der Waals surface area contributed by atoms with Gasteiger partial charge in [0.2, 0.25) is 0 Å². The number of unbranched alkanes of at least 4 members (excludes halogenated alkanes) is 1. The fourth-order valence-electron chi connectivity index (χ4n) is 3.06. The lowest BCUT2D eigenvalue weighted by Crippen LogP contribution is -2.40. The number of hydrogen-bond acceptors (Lipinski definition) is 2. The number of rotatable bonds is 5. The maximum atomic E-state index is 11.2. The van der Waals surface area contributed by atoms with Crippen molar-refractivity contribution < 1.29 is 19.8 Å². The molecule has 4 unspecified atom stereocenters. The predicted molar refractivity (Wildman–Crippen MR) is 63.7 cm³/mol. The van der Waals surface area contributed by atoms with E-state index in [9.17, 15) is 14.7 Å². The summed E-state index contributed by atoms with van der Waals surface area (Å²) in [5.74, 6) is -2.28. The van der Waals surface area contributed by atoms with Gasteiger partial charge in [-0.25, -0.2) is 0 Å². The average Bonchev–Trinajstić information content (AvgIpc) is 2.26. The lowest BCUT2D eigenvalue weighted by atomic mass is 9.65. The molecule has 98 valence electrons. The third-order valence-electron chi connectivity index (χ3n) is 4.14. The van der Waals surface area contributed by atoms with Gasteiger partial charge in [0.15, 0.2) is 0 Å².